The Kier molecular flexibility index (Phi) is 15.3. The van der Waals surface area contributed by atoms with Crippen molar-refractivity contribution in [2.75, 3.05) is 6.61 Å². The maximum absolute atomic E-state index is 12.3. The molecule has 3 nitrogen and oxygen atoms in total. The second-order valence-electron chi connectivity index (χ2n) is 10.8. The number of nitrogens with one attached hydrogen (secondary N) is 1. The van der Waals surface area contributed by atoms with E-state index < -0.39 is 0 Å². The van der Waals surface area contributed by atoms with Crippen LogP contribution in [0.3, 0.4) is 0 Å². The van der Waals surface area contributed by atoms with Gasteiger partial charge in [0, 0.05) is 5.70 Å². The van der Waals surface area contributed by atoms with Gasteiger partial charge in [-0.15, -0.1) is 0 Å². The molecule has 2 aliphatic rings. The summed E-state index contributed by atoms with van der Waals surface area (Å²) < 4.78 is 5.57. The van der Waals surface area contributed by atoms with Crippen molar-refractivity contribution in [3.8, 4) is 0 Å². The van der Waals surface area contributed by atoms with E-state index in [9.17, 15) is 4.79 Å². The highest BCUT2D eigenvalue weighted by Gasteiger charge is 2.21. The van der Waals surface area contributed by atoms with Gasteiger partial charge in [-0.05, 0) is 30.9 Å². The first kappa shape index (κ1) is 29.3. The number of hydrogen-bond donors (Lipinski definition) is 1. The van der Waals surface area contributed by atoms with Gasteiger partial charge in [-0.1, -0.05) is 139 Å². The lowest BCUT2D eigenvalue weighted by Crippen LogP contribution is -2.26. The Morgan fingerprint density at radius 3 is 2.14 bits per heavy atom. The fourth-order valence-electron chi connectivity index (χ4n) is 5.88. The molecule has 0 aromatic rings. The van der Waals surface area contributed by atoms with Crippen LogP contribution in [-0.4, -0.2) is 19.8 Å². The summed E-state index contributed by atoms with van der Waals surface area (Å²) >= 11 is 0. The third kappa shape index (κ3) is 13.6. The minimum Gasteiger partial charge on any atom is -0.484 e. The number of ether oxygens (including phenoxy) is 1. The topological polar surface area (TPSA) is 38.3 Å². The van der Waals surface area contributed by atoms with E-state index >= 15 is 0 Å². The molecular weight excluding hydrogens is 429 g/mol. The molecule has 2 saturated carbocycles. The van der Waals surface area contributed by atoms with Gasteiger partial charge in [0.1, 0.15) is 13.0 Å². The Bertz CT molecular complexity index is 703. The average Bonchev–Trinajstić information content (AvgIpc) is 2.93. The van der Waals surface area contributed by atoms with Gasteiger partial charge >= 0.3 is 0 Å². The molecule has 4 heteroatoms. The van der Waals surface area contributed by atoms with Gasteiger partial charge in [0.25, 0.3) is 5.91 Å². The largest absolute Gasteiger partial charge is 0.484 e. The first-order valence-corrected chi connectivity index (χ1v) is 14.3. The summed E-state index contributed by atoms with van der Waals surface area (Å²) in [5, 5.41) is 2.92. The highest BCUT2D eigenvalue weighted by molar-refractivity contribution is 6.39. The Morgan fingerprint density at radius 2 is 1.46 bits per heavy atom. The molecule has 0 radical (unpaired) electrons. The SMILES string of the molecule is C=C/C=C\C(=C/C=C)OCC(=O)NC(=C)CCC1CCCCC(BC2CCCCCCC2)CCC1. The molecule has 0 saturated heterocycles. The van der Waals surface area contributed by atoms with Gasteiger partial charge in [0.15, 0.2) is 6.61 Å². The van der Waals surface area contributed by atoms with Crippen LogP contribution in [0.25, 0.3) is 0 Å². The Morgan fingerprint density at radius 1 is 0.857 bits per heavy atom. The number of carbonyl (C=O) groups excluding carboxylic acids is 1. The zero-order valence-corrected chi connectivity index (χ0v) is 22.3. The number of hydrogen-bond acceptors (Lipinski definition) is 2. The smallest absolute Gasteiger partial charge is 0.262 e. The quantitative estimate of drug-likeness (QED) is 0.174. The monoisotopic (exact) mass is 479 g/mol. The second-order valence-corrected chi connectivity index (χ2v) is 10.8. The van der Waals surface area contributed by atoms with E-state index in [0.717, 1.165) is 36.1 Å². The van der Waals surface area contributed by atoms with Gasteiger partial charge in [0.2, 0.25) is 0 Å². The van der Waals surface area contributed by atoms with E-state index in [-0.39, 0.29) is 12.5 Å². The molecule has 194 valence electrons. The molecule has 0 aliphatic heterocycles. The molecule has 1 N–H and O–H groups in total. The van der Waals surface area contributed by atoms with Gasteiger partial charge in [0.05, 0.1) is 0 Å². The van der Waals surface area contributed by atoms with Crippen molar-refractivity contribution in [1.29, 1.82) is 0 Å². The van der Waals surface area contributed by atoms with Gasteiger partial charge < -0.3 is 10.1 Å². The van der Waals surface area contributed by atoms with Crippen LogP contribution in [0.4, 0.5) is 0 Å². The number of carbonyl (C=O) groups is 1. The molecule has 0 aromatic heterocycles. The van der Waals surface area contributed by atoms with Crippen molar-refractivity contribution in [2.45, 2.75) is 114 Å². The van der Waals surface area contributed by atoms with E-state index in [0.29, 0.717) is 5.76 Å². The Balaban J connectivity index is 1.67. The normalized spacial score (nSPS) is 23.1. The average molecular weight is 480 g/mol. The van der Waals surface area contributed by atoms with Crippen LogP contribution in [0.15, 0.2) is 61.6 Å². The van der Waals surface area contributed by atoms with Crippen LogP contribution in [0, 0.1) is 5.92 Å². The highest BCUT2D eigenvalue weighted by Crippen LogP contribution is 2.35. The predicted molar refractivity (Wildman–Crippen MR) is 153 cm³/mol. The molecule has 2 unspecified atom stereocenters. The molecule has 0 bridgehead atoms. The van der Waals surface area contributed by atoms with Crippen molar-refractivity contribution in [3.63, 3.8) is 0 Å². The van der Waals surface area contributed by atoms with Gasteiger partial charge in [-0.2, -0.15) is 0 Å². The van der Waals surface area contributed by atoms with Crippen LogP contribution in [-0.2, 0) is 9.53 Å². The predicted octanol–water partition coefficient (Wildman–Crippen LogP) is 8.34. The van der Waals surface area contributed by atoms with Crippen LogP contribution in [0.2, 0.25) is 11.6 Å². The summed E-state index contributed by atoms with van der Waals surface area (Å²) in [5.74, 6) is 3.12. The lowest BCUT2D eigenvalue weighted by atomic mass is 9.50. The lowest BCUT2D eigenvalue weighted by molar-refractivity contribution is -0.123. The summed E-state index contributed by atoms with van der Waals surface area (Å²) in [4.78, 5) is 12.3. The summed E-state index contributed by atoms with van der Waals surface area (Å²) in [6.45, 7) is 11.4. The van der Waals surface area contributed by atoms with Crippen molar-refractivity contribution in [2.24, 2.45) is 5.92 Å². The fourth-order valence-corrected chi connectivity index (χ4v) is 5.88. The molecule has 2 atom stereocenters. The summed E-state index contributed by atoms with van der Waals surface area (Å²) in [5.41, 5.74) is 0.802. The summed E-state index contributed by atoms with van der Waals surface area (Å²) in [7, 11) is 1.49. The van der Waals surface area contributed by atoms with Crippen LogP contribution in [0.1, 0.15) is 103 Å². The maximum atomic E-state index is 12.3. The van der Waals surface area contributed by atoms with E-state index in [1.54, 1.807) is 30.4 Å². The first-order chi connectivity index (χ1) is 17.1. The number of amides is 1. The Hall–Kier alpha value is -1.97. The molecule has 0 heterocycles. The molecule has 0 aromatic carbocycles. The van der Waals surface area contributed by atoms with Crippen molar-refractivity contribution < 1.29 is 9.53 Å². The van der Waals surface area contributed by atoms with E-state index in [1.807, 2.05) is 0 Å². The zero-order chi connectivity index (χ0) is 25.1. The lowest BCUT2D eigenvalue weighted by Gasteiger charge is -2.24. The van der Waals surface area contributed by atoms with E-state index in [1.165, 1.54) is 97.2 Å². The highest BCUT2D eigenvalue weighted by atomic mass is 16.5. The standard InChI is InChI=1S/C31H50BNO2/c1-4-6-22-30(15-5-2)35-25-31(34)33-26(3)23-24-27-16-12-13-20-29(21-14-17-27)32-28-18-10-8-7-9-11-19-28/h4-6,15,22,27-29,32H,1-3,7-14,16-21,23-25H2,(H,33,34)/b22-6-,30-15+. The van der Waals surface area contributed by atoms with E-state index in [4.69, 9.17) is 4.74 Å². The fraction of sp³-hybridized carbons (Fsp3) is 0.645. The first-order valence-electron chi connectivity index (χ1n) is 14.3. The summed E-state index contributed by atoms with van der Waals surface area (Å²) in [6.07, 6.45) is 30.4. The van der Waals surface area contributed by atoms with Crippen LogP contribution < -0.4 is 5.32 Å². The second kappa shape index (κ2) is 18.3. The van der Waals surface area contributed by atoms with Crippen LogP contribution in [0.5, 0.6) is 0 Å². The maximum Gasteiger partial charge on any atom is 0.262 e. The molecule has 0 spiro atoms. The Labute approximate surface area is 216 Å². The molecule has 35 heavy (non-hydrogen) atoms. The van der Waals surface area contributed by atoms with E-state index in [2.05, 4.69) is 25.1 Å². The van der Waals surface area contributed by atoms with Crippen molar-refractivity contribution >= 4 is 13.2 Å². The minimum atomic E-state index is -0.163. The third-order valence-corrected chi connectivity index (χ3v) is 7.81. The third-order valence-electron chi connectivity index (χ3n) is 7.81. The number of rotatable bonds is 12. The van der Waals surface area contributed by atoms with Crippen molar-refractivity contribution in [1.82, 2.24) is 5.32 Å². The molecule has 2 fully saturated rings. The summed E-state index contributed by atoms with van der Waals surface area (Å²) in [6, 6.07) is 0. The molecular formula is C31H50BNO2. The minimum absolute atomic E-state index is 0.0357. The number of allylic oxidation sites excluding steroid dienone is 6. The van der Waals surface area contributed by atoms with Crippen molar-refractivity contribution in [3.05, 3.63) is 61.6 Å². The van der Waals surface area contributed by atoms with Gasteiger partial charge in [-0.25, -0.2) is 0 Å². The molecule has 1 amide bonds. The molecule has 2 rings (SSSR count). The molecule has 2 aliphatic carbocycles. The van der Waals surface area contributed by atoms with Gasteiger partial charge in [-0.3, -0.25) is 4.79 Å². The van der Waals surface area contributed by atoms with Crippen LogP contribution >= 0.6 is 0 Å². The zero-order valence-electron chi connectivity index (χ0n) is 22.3.